The topological polar surface area (TPSA) is 110 Å². The summed E-state index contributed by atoms with van der Waals surface area (Å²) in [7, 11) is 0. The van der Waals surface area contributed by atoms with Gasteiger partial charge >= 0.3 is 5.97 Å². The molecule has 2 N–H and O–H groups in total. The molecule has 36 heavy (non-hydrogen) atoms. The van der Waals surface area contributed by atoms with Crippen molar-refractivity contribution in [2.75, 3.05) is 0 Å². The summed E-state index contributed by atoms with van der Waals surface area (Å²) in [5.41, 5.74) is 3.36. The number of fused-ring (bicyclic) bond motifs is 1. The van der Waals surface area contributed by atoms with Gasteiger partial charge in [-0.15, -0.1) is 5.92 Å². The standard InChI is InChI=1S/C28H29N5O3/c1-3-4-18-7-8-22(26(34)32-21-11-28(12-21)9-19(10-28)27(35)36)24-23(18)15-31-33(24)16(2)25-29-13-20(14-30-25)17-5-6-17/h7-8,13-17,19,21H,5-6,9-12H2,1-2H3,(H,32,34)(H,35,36)/t16-,19?,21?,28?/m0/s1. The van der Waals surface area contributed by atoms with Crippen molar-refractivity contribution in [1.29, 1.82) is 0 Å². The molecular formula is C28H29N5O3. The number of aliphatic carboxylic acids is 1. The Morgan fingerprint density at radius 3 is 2.50 bits per heavy atom. The molecule has 1 spiro atoms. The quantitative estimate of drug-likeness (QED) is 0.512. The lowest BCUT2D eigenvalue weighted by atomic mass is 9.50. The zero-order chi connectivity index (χ0) is 25.0. The number of amides is 1. The van der Waals surface area contributed by atoms with Crippen molar-refractivity contribution in [1.82, 2.24) is 25.1 Å². The zero-order valence-electron chi connectivity index (χ0n) is 20.5. The minimum absolute atomic E-state index is 0.0597. The summed E-state index contributed by atoms with van der Waals surface area (Å²) in [6.07, 6.45) is 11.1. The Bertz CT molecular complexity index is 1410. The zero-order valence-corrected chi connectivity index (χ0v) is 20.5. The molecule has 1 atom stereocenters. The Balaban J connectivity index is 1.27. The monoisotopic (exact) mass is 483 g/mol. The van der Waals surface area contributed by atoms with E-state index in [1.807, 2.05) is 36.1 Å². The van der Waals surface area contributed by atoms with E-state index in [1.54, 1.807) is 13.1 Å². The van der Waals surface area contributed by atoms with Crippen LogP contribution < -0.4 is 5.32 Å². The lowest BCUT2D eigenvalue weighted by molar-refractivity contribution is -0.155. The van der Waals surface area contributed by atoms with Crippen molar-refractivity contribution in [3.8, 4) is 11.8 Å². The third kappa shape index (κ3) is 3.83. The van der Waals surface area contributed by atoms with E-state index >= 15 is 0 Å². The van der Waals surface area contributed by atoms with Crippen LogP contribution >= 0.6 is 0 Å². The number of carbonyl (C=O) groups is 2. The first-order valence-corrected chi connectivity index (χ1v) is 12.7. The molecule has 8 nitrogen and oxygen atoms in total. The smallest absolute Gasteiger partial charge is 0.306 e. The van der Waals surface area contributed by atoms with Gasteiger partial charge < -0.3 is 10.4 Å². The molecule has 3 fully saturated rings. The van der Waals surface area contributed by atoms with Gasteiger partial charge in [0.1, 0.15) is 6.04 Å². The van der Waals surface area contributed by atoms with Crippen LogP contribution in [0.3, 0.4) is 0 Å². The number of benzene rings is 1. The van der Waals surface area contributed by atoms with Crippen molar-refractivity contribution in [2.45, 2.75) is 70.4 Å². The average Bonchev–Trinajstić information content (AvgIpc) is 3.57. The van der Waals surface area contributed by atoms with E-state index in [2.05, 4.69) is 32.2 Å². The van der Waals surface area contributed by atoms with E-state index in [-0.39, 0.29) is 29.3 Å². The molecule has 3 aromatic rings. The molecule has 8 heteroatoms. The predicted molar refractivity (Wildman–Crippen MR) is 133 cm³/mol. The number of carboxylic acid groups (broad SMARTS) is 1. The highest BCUT2D eigenvalue weighted by Crippen LogP contribution is 2.58. The molecule has 184 valence electrons. The summed E-state index contributed by atoms with van der Waals surface area (Å²) in [6.45, 7) is 3.78. The third-order valence-corrected chi connectivity index (χ3v) is 8.14. The molecule has 3 aliphatic rings. The minimum atomic E-state index is -0.709. The molecule has 3 aliphatic carbocycles. The van der Waals surface area contributed by atoms with Crippen LogP contribution in [0.15, 0.2) is 30.7 Å². The first kappa shape index (κ1) is 22.7. The Hall–Kier alpha value is -3.73. The van der Waals surface area contributed by atoms with Crippen LogP contribution in [0.25, 0.3) is 10.9 Å². The Labute approximate surface area is 209 Å². The molecule has 0 radical (unpaired) electrons. The first-order valence-electron chi connectivity index (χ1n) is 12.7. The van der Waals surface area contributed by atoms with Crippen LogP contribution in [-0.2, 0) is 4.79 Å². The second-order valence-electron chi connectivity index (χ2n) is 10.7. The van der Waals surface area contributed by atoms with Gasteiger partial charge in [-0.05, 0) is 81.4 Å². The number of hydrogen-bond acceptors (Lipinski definition) is 5. The Kier molecular flexibility index (Phi) is 5.32. The summed E-state index contributed by atoms with van der Waals surface area (Å²) >= 11 is 0. The van der Waals surface area contributed by atoms with Gasteiger partial charge in [-0.2, -0.15) is 5.10 Å². The first-order chi connectivity index (χ1) is 17.4. The van der Waals surface area contributed by atoms with Gasteiger partial charge in [0, 0.05) is 29.4 Å². The number of hydrogen-bond donors (Lipinski definition) is 2. The minimum Gasteiger partial charge on any atom is -0.481 e. The van der Waals surface area contributed by atoms with E-state index < -0.39 is 5.97 Å². The summed E-state index contributed by atoms with van der Waals surface area (Å²) in [5, 5.41) is 17.8. The maximum absolute atomic E-state index is 13.4. The lowest BCUT2D eigenvalue weighted by Crippen LogP contribution is -2.57. The van der Waals surface area contributed by atoms with Gasteiger partial charge in [0.25, 0.3) is 5.91 Å². The number of nitrogens with one attached hydrogen (secondary N) is 1. The largest absolute Gasteiger partial charge is 0.481 e. The van der Waals surface area contributed by atoms with E-state index in [4.69, 9.17) is 0 Å². The summed E-state index contributed by atoms with van der Waals surface area (Å²) in [4.78, 5) is 33.8. The molecule has 1 aromatic carbocycles. The number of nitrogens with zero attached hydrogens (tertiary/aromatic N) is 4. The number of carboxylic acids is 1. The van der Waals surface area contributed by atoms with Crippen LogP contribution in [0.4, 0.5) is 0 Å². The van der Waals surface area contributed by atoms with Crippen LogP contribution in [-0.4, -0.2) is 42.8 Å². The maximum atomic E-state index is 13.4. The van der Waals surface area contributed by atoms with Crippen molar-refractivity contribution in [3.05, 3.63) is 53.2 Å². The fraction of sp³-hybridized carbons (Fsp3) is 0.464. The van der Waals surface area contributed by atoms with E-state index in [9.17, 15) is 14.7 Å². The molecule has 1 amide bonds. The molecule has 0 unspecified atom stereocenters. The molecule has 3 saturated carbocycles. The van der Waals surface area contributed by atoms with E-state index in [0.717, 1.165) is 29.3 Å². The molecule has 6 rings (SSSR count). The number of carbonyl (C=O) groups excluding carboxylic acids is 1. The highest BCUT2D eigenvalue weighted by atomic mass is 16.4. The average molecular weight is 484 g/mol. The molecule has 0 saturated heterocycles. The van der Waals surface area contributed by atoms with Gasteiger partial charge in [-0.25, -0.2) is 9.97 Å². The predicted octanol–water partition coefficient (Wildman–Crippen LogP) is 4.06. The normalized spacial score (nSPS) is 25.4. The lowest BCUT2D eigenvalue weighted by Gasteiger charge is -2.56. The van der Waals surface area contributed by atoms with Crippen molar-refractivity contribution >= 4 is 22.8 Å². The molecular weight excluding hydrogens is 454 g/mol. The summed E-state index contributed by atoms with van der Waals surface area (Å²) in [5.74, 6) is 6.22. The van der Waals surface area contributed by atoms with Crippen LogP contribution in [0.1, 0.15) is 91.6 Å². The van der Waals surface area contributed by atoms with Crippen molar-refractivity contribution in [2.24, 2.45) is 11.3 Å². The van der Waals surface area contributed by atoms with Gasteiger partial charge in [0.2, 0.25) is 0 Å². The summed E-state index contributed by atoms with van der Waals surface area (Å²) in [6, 6.07) is 3.49. The second-order valence-corrected chi connectivity index (χ2v) is 10.7. The SMILES string of the molecule is CC#Cc1ccc(C(=O)NC2CC3(C2)CC(C(=O)O)C3)c2c1cnn2[C@@H](C)c1ncc(C2CC2)cn1. The highest BCUT2D eigenvalue weighted by molar-refractivity contribution is 6.07. The van der Waals surface area contributed by atoms with Gasteiger partial charge in [-0.3, -0.25) is 14.3 Å². The van der Waals surface area contributed by atoms with Gasteiger partial charge in [-0.1, -0.05) is 5.92 Å². The Morgan fingerprint density at radius 2 is 1.86 bits per heavy atom. The van der Waals surface area contributed by atoms with Gasteiger partial charge in [0.15, 0.2) is 5.82 Å². The number of aromatic nitrogens is 4. The van der Waals surface area contributed by atoms with Gasteiger partial charge in [0.05, 0.1) is 23.2 Å². The van der Waals surface area contributed by atoms with Crippen LogP contribution in [0, 0.1) is 23.2 Å². The van der Waals surface area contributed by atoms with E-state index in [0.29, 0.717) is 30.1 Å². The molecule has 0 aliphatic heterocycles. The van der Waals surface area contributed by atoms with Crippen LogP contribution in [0.5, 0.6) is 0 Å². The highest BCUT2D eigenvalue weighted by Gasteiger charge is 2.55. The Morgan fingerprint density at radius 1 is 1.14 bits per heavy atom. The molecule has 0 bridgehead atoms. The fourth-order valence-electron chi connectivity index (χ4n) is 6.03. The van der Waals surface area contributed by atoms with Crippen LogP contribution in [0.2, 0.25) is 0 Å². The van der Waals surface area contributed by atoms with Crippen molar-refractivity contribution in [3.63, 3.8) is 0 Å². The fourth-order valence-corrected chi connectivity index (χ4v) is 6.03. The third-order valence-electron chi connectivity index (χ3n) is 8.14. The van der Waals surface area contributed by atoms with Crippen molar-refractivity contribution < 1.29 is 14.7 Å². The maximum Gasteiger partial charge on any atom is 0.306 e. The number of rotatable bonds is 6. The second kappa shape index (κ2) is 8.44. The summed E-state index contributed by atoms with van der Waals surface area (Å²) < 4.78 is 1.82. The molecule has 2 heterocycles. The van der Waals surface area contributed by atoms with E-state index in [1.165, 1.54) is 18.4 Å². The molecule has 2 aromatic heterocycles.